The molecular formula is C30H33NO6. The van der Waals surface area contributed by atoms with Crippen molar-refractivity contribution in [2.24, 2.45) is 0 Å². The quantitative estimate of drug-likeness (QED) is 0.245. The summed E-state index contributed by atoms with van der Waals surface area (Å²) >= 11 is 0. The lowest BCUT2D eigenvalue weighted by Crippen LogP contribution is -2.29. The summed E-state index contributed by atoms with van der Waals surface area (Å²) in [6.45, 7) is 10.4. The first-order valence-corrected chi connectivity index (χ1v) is 12.3. The Labute approximate surface area is 217 Å². The van der Waals surface area contributed by atoms with E-state index in [1.165, 1.54) is 4.90 Å². The van der Waals surface area contributed by atoms with E-state index in [0.29, 0.717) is 35.2 Å². The molecule has 7 heteroatoms. The molecule has 0 saturated carbocycles. The number of furan rings is 1. The van der Waals surface area contributed by atoms with Gasteiger partial charge in [-0.05, 0) is 55.7 Å². The molecule has 0 bridgehead atoms. The maximum atomic E-state index is 13.4. The zero-order valence-corrected chi connectivity index (χ0v) is 22.1. The summed E-state index contributed by atoms with van der Waals surface area (Å²) in [5.41, 5.74) is 1.74. The number of hydrogen-bond acceptors (Lipinski definition) is 6. The van der Waals surface area contributed by atoms with Crippen molar-refractivity contribution in [2.45, 2.75) is 52.6 Å². The van der Waals surface area contributed by atoms with Gasteiger partial charge in [0.15, 0.2) is 0 Å². The number of likely N-dealkylation sites (tertiary alicyclic amines) is 1. The molecule has 1 aromatic heterocycles. The van der Waals surface area contributed by atoms with E-state index in [1.807, 2.05) is 52.0 Å². The standard InChI is InChI=1S/C30H33NO6/c1-7-36-23-15-13-19(16-21(23)30(3,4)5)27(32)25-26(24-14-12-18(2)37-24)31(29(34)28(25)33)17-20-10-8-9-11-22(20)35-6/h8-16,26,32H,7,17H2,1-6H3/b27-25+. The molecule has 1 unspecified atom stereocenters. The molecule has 2 aromatic carbocycles. The Morgan fingerprint density at radius 2 is 1.78 bits per heavy atom. The van der Waals surface area contributed by atoms with Crippen LogP contribution in [-0.2, 0) is 21.5 Å². The molecule has 2 heterocycles. The molecule has 0 radical (unpaired) electrons. The van der Waals surface area contributed by atoms with Gasteiger partial charge in [-0.25, -0.2) is 0 Å². The first kappa shape index (κ1) is 26.1. The Bertz CT molecular complexity index is 1360. The molecule has 0 spiro atoms. The van der Waals surface area contributed by atoms with E-state index in [4.69, 9.17) is 13.9 Å². The van der Waals surface area contributed by atoms with Crippen LogP contribution in [0.4, 0.5) is 0 Å². The first-order valence-electron chi connectivity index (χ1n) is 12.3. The van der Waals surface area contributed by atoms with E-state index >= 15 is 0 Å². The number of benzene rings is 2. The fourth-order valence-electron chi connectivity index (χ4n) is 4.66. The number of aliphatic hydroxyl groups excluding tert-OH is 1. The zero-order valence-electron chi connectivity index (χ0n) is 22.1. The normalized spacial score (nSPS) is 17.4. The van der Waals surface area contributed by atoms with Gasteiger partial charge in [0.1, 0.15) is 34.8 Å². The van der Waals surface area contributed by atoms with Crippen LogP contribution in [0.2, 0.25) is 0 Å². The molecule has 1 N–H and O–H groups in total. The number of amides is 1. The van der Waals surface area contributed by atoms with E-state index in [2.05, 4.69) is 0 Å². The van der Waals surface area contributed by atoms with Crippen LogP contribution in [0.25, 0.3) is 5.76 Å². The van der Waals surface area contributed by atoms with E-state index in [1.54, 1.807) is 44.4 Å². The fraction of sp³-hybridized carbons (Fsp3) is 0.333. The highest BCUT2D eigenvalue weighted by Crippen LogP contribution is 2.42. The lowest BCUT2D eigenvalue weighted by molar-refractivity contribution is -0.140. The molecule has 1 aliphatic heterocycles. The minimum atomic E-state index is -0.900. The molecule has 1 fully saturated rings. The van der Waals surface area contributed by atoms with Gasteiger partial charge in [-0.15, -0.1) is 0 Å². The highest BCUT2D eigenvalue weighted by Gasteiger charge is 2.47. The third-order valence-corrected chi connectivity index (χ3v) is 6.46. The Morgan fingerprint density at radius 1 is 1.05 bits per heavy atom. The molecule has 1 saturated heterocycles. The number of Topliss-reactive ketones (excluding diaryl/α,β-unsaturated/α-hetero) is 1. The van der Waals surface area contributed by atoms with Crippen molar-refractivity contribution in [3.05, 3.63) is 88.4 Å². The van der Waals surface area contributed by atoms with Crippen molar-refractivity contribution >= 4 is 17.4 Å². The monoisotopic (exact) mass is 503 g/mol. The lowest BCUT2D eigenvalue weighted by atomic mass is 9.84. The number of carbonyl (C=O) groups excluding carboxylic acids is 2. The van der Waals surface area contributed by atoms with E-state index in [-0.39, 0.29) is 23.3 Å². The molecule has 1 atom stereocenters. The molecular weight excluding hydrogens is 470 g/mol. The number of para-hydroxylation sites is 1. The molecule has 4 rings (SSSR count). The molecule has 3 aromatic rings. The third-order valence-electron chi connectivity index (χ3n) is 6.46. The highest BCUT2D eigenvalue weighted by atomic mass is 16.5. The van der Waals surface area contributed by atoms with Crippen molar-refractivity contribution in [1.29, 1.82) is 0 Å². The zero-order chi connectivity index (χ0) is 26.9. The smallest absolute Gasteiger partial charge is 0.296 e. The minimum Gasteiger partial charge on any atom is -0.507 e. The second-order valence-corrected chi connectivity index (χ2v) is 10.1. The summed E-state index contributed by atoms with van der Waals surface area (Å²) in [4.78, 5) is 28.2. The van der Waals surface area contributed by atoms with Crippen molar-refractivity contribution in [2.75, 3.05) is 13.7 Å². The summed E-state index contributed by atoms with van der Waals surface area (Å²) in [7, 11) is 1.55. The van der Waals surface area contributed by atoms with Crippen molar-refractivity contribution in [1.82, 2.24) is 4.90 Å². The maximum absolute atomic E-state index is 13.4. The van der Waals surface area contributed by atoms with E-state index in [9.17, 15) is 14.7 Å². The predicted molar refractivity (Wildman–Crippen MR) is 141 cm³/mol. The number of carbonyl (C=O) groups is 2. The predicted octanol–water partition coefficient (Wildman–Crippen LogP) is 5.91. The van der Waals surface area contributed by atoms with Gasteiger partial charge in [-0.3, -0.25) is 9.59 Å². The Hall–Kier alpha value is -4.00. The van der Waals surface area contributed by atoms with Gasteiger partial charge in [0, 0.05) is 16.7 Å². The van der Waals surface area contributed by atoms with Gasteiger partial charge in [-0.1, -0.05) is 39.0 Å². The number of rotatable bonds is 7. The summed E-state index contributed by atoms with van der Waals surface area (Å²) < 4.78 is 17.2. The number of aryl methyl sites for hydroxylation is 1. The SMILES string of the molecule is CCOc1ccc(/C(O)=C2\C(=O)C(=O)N(Cc3ccccc3OC)C2c2ccc(C)o2)cc1C(C)(C)C. The van der Waals surface area contributed by atoms with E-state index in [0.717, 1.165) is 11.1 Å². The third kappa shape index (κ3) is 4.99. The number of methoxy groups -OCH3 is 1. The second kappa shape index (κ2) is 10.2. The number of aliphatic hydroxyl groups is 1. The Kier molecular flexibility index (Phi) is 7.16. The topological polar surface area (TPSA) is 89.2 Å². The van der Waals surface area contributed by atoms with Crippen LogP contribution in [0.15, 0.2) is 64.6 Å². The van der Waals surface area contributed by atoms with Gasteiger partial charge in [0.05, 0.1) is 25.8 Å². The number of ketones is 1. The average molecular weight is 504 g/mol. The molecule has 1 aliphatic rings. The molecule has 194 valence electrons. The van der Waals surface area contributed by atoms with Gasteiger partial charge in [0.2, 0.25) is 0 Å². The van der Waals surface area contributed by atoms with Crippen LogP contribution >= 0.6 is 0 Å². The molecule has 1 amide bonds. The van der Waals surface area contributed by atoms with Crippen molar-refractivity contribution < 1.29 is 28.6 Å². The van der Waals surface area contributed by atoms with Gasteiger partial charge >= 0.3 is 0 Å². The number of ether oxygens (including phenoxy) is 2. The summed E-state index contributed by atoms with van der Waals surface area (Å²) in [6, 6.07) is 15.2. The van der Waals surface area contributed by atoms with Gasteiger partial charge in [0.25, 0.3) is 11.7 Å². The summed E-state index contributed by atoms with van der Waals surface area (Å²) in [6.07, 6.45) is 0. The van der Waals surface area contributed by atoms with Crippen LogP contribution in [0.5, 0.6) is 11.5 Å². The largest absolute Gasteiger partial charge is 0.507 e. The molecule has 0 aliphatic carbocycles. The van der Waals surface area contributed by atoms with Crippen molar-refractivity contribution in [3.63, 3.8) is 0 Å². The Morgan fingerprint density at radius 3 is 2.41 bits per heavy atom. The summed E-state index contributed by atoms with van der Waals surface area (Å²) in [5.74, 6) is 0.602. The fourth-order valence-corrected chi connectivity index (χ4v) is 4.66. The van der Waals surface area contributed by atoms with Crippen LogP contribution in [-0.4, -0.2) is 35.4 Å². The maximum Gasteiger partial charge on any atom is 0.296 e. The molecule has 7 nitrogen and oxygen atoms in total. The van der Waals surface area contributed by atoms with Gasteiger partial charge < -0.3 is 23.9 Å². The lowest BCUT2D eigenvalue weighted by Gasteiger charge is -2.25. The van der Waals surface area contributed by atoms with Crippen molar-refractivity contribution in [3.8, 4) is 11.5 Å². The van der Waals surface area contributed by atoms with Gasteiger partial charge in [-0.2, -0.15) is 0 Å². The van der Waals surface area contributed by atoms with Crippen LogP contribution in [0.1, 0.15) is 61.9 Å². The van der Waals surface area contributed by atoms with Crippen LogP contribution in [0.3, 0.4) is 0 Å². The van der Waals surface area contributed by atoms with E-state index < -0.39 is 17.7 Å². The Balaban J connectivity index is 1.87. The number of hydrogen-bond donors (Lipinski definition) is 1. The number of nitrogens with zero attached hydrogens (tertiary/aromatic N) is 1. The minimum absolute atomic E-state index is 0.0155. The second-order valence-electron chi connectivity index (χ2n) is 10.1. The summed E-state index contributed by atoms with van der Waals surface area (Å²) in [5, 5.41) is 11.5. The first-order chi connectivity index (χ1) is 17.6. The molecule has 37 heavy (non-hydrogen) atoms. The van der Waals surface area contributed by atoms with Crippen LogP contribution < -0.4 is 9.47 Å². The average Bonchev–Trinajstić information content (AvgIpc) is 3.40. The highest BCUT2D eigenvalue weighted by molar-refractivity contribution is 6.46. The van der Waals surface area contributed by atoms with Crippen LogP contribution in [0, 0.1) is 6.92 Å².